The fourth-order valence-electron chi connectivity index (χ4n) is 9.12. The van der Waals surface area contributed by atoms with E-state index < -0.39 is 52.7 Å². The summed E-state index contributed by atoms with van der Waals surface area (Å²) in [7, 11) is 0. The molecule has 6 aromatic rings. The van der Waals surface area contributed by atoms with Gasteiger partial charge in [0, 0.05) is 23.3 Å². The number of alkyl carbamates (subject to hydrolysis) is 1. The molecule has 2 fully saturated rings. The van der Waals surface area contributed by atoms with Crippen LogP contribution in [0, 0.1) is 0 Å². The van der Waals surface area contributed by atoms with Gasteiger partial charge < -0.3 is 30.3 Å². The largest absolute Gasteiger partial charge is 0.451 e. The van der Waals surface area contributed by atoms with Crippen molar-refractivity contribution in [3.05, 3.63) is 231 Å². The molecule has 3 aliphatic rings. The fourth-order valence-corrected chi connectivity index (χ4v) is 10.3. The first kappa shape index (κ1) is 45.5. The zero-order chi connectivity index (χ0) is 47.4. The van der Waals surface area contributed by atoms with E-state index in [-0.39, 0.29) is 11.8 Å². The van der Waals surface area contributed by atoms with Gasteiger partial charge in [-0.2, -0.15) is 0 Å². The highest BCUT2D eigenvalue weighted by Crippen LogP contribution is 2.47. The Balaban J connectivity index is 1.11. The van der Waals surface area contributed by atoms with Crippen molar-refractivity contribution in [3.8, 4) is 0 Å². The quantitative estimate of drug-likeness (QED) is 0.0478. The highest BCUT2D eigenvalue weighted by Gasteiger charge is 2.57. The molecule has 0 saturated carbocycles. The normalized spacial score (nSPS) is 18.6. The van der Waals surface area contributed by atoms with Crippen LogP contribution in [-0.4, -0.2) is 64.3 Å². The second-order valence-electron chi connectivity index (χ2n) is 17.7. The Hall–Kier alpha value is -7.70. The van der Waals surface area contributed by atoms with E-state index in [0.29, 0.717) is 40.8 Å². The summed E-state index contributed by atoms with van der Waals surface area (Å²) in [6, 6.07) is 52.8. The predicted octanol–water partition coefficient (Wildman–Crippen LogP) is 9.08. The maximum absolute atomic E-state index is 15.1. The number of ether oxygens (including phenoxy) is 2. The highest BCUT2D eigenvalue weighted by atomic mass is 32.2. The molecule has 342 valence electrons. The molecule has 3 N–H and O–H groups in total. The first-order valence-corrected chi connectivity index (χ1v) is 23.5. The van der Waals surface area contributed by atoms with Crippen LogP contribution in [0.5, 0.6) is 0 Å². The van der Waals surface area contributed by atoms with Crippen molar-refractivity contribution < 1.29 is 33.4 Å². The van der Waals surface area contributed by atoms with Gasteiger partial charge in [-0.25, -0.2) is 9.59 Å². The van der Waals surface area contributed by atoms with E-state index >= 15 is 4.79 Å². The molecule has 0 bridgehead atoms. The van der Waals surface area contributed by atoms with Crippen LogP contribution in [-0.2, 0) is 29.4 Å². The smallest absolute Gasteiger partial charge is 0.408 e. The maximum atomic E-state index is 15.1. The molecule has 68 heavy (non-hydrogen) atoms. The van der Waals surface area contributed by atoms with Crippen molar-refractivity contribution in [2.45, 2.75) is 61.9 Å². The molecule has 0 spiro atoms. The third-order valence-corrected chi connectivity index (χ3v) is 13.4. The van der Waals surface area contributed by atoms with Gasteiger partial charge in [-0.15, -0.1) is 11.8 Å². The molecule has 0 radical (unpaired) electrons. The standard InChI is InChI=1S/C56H50N4O7S/c1-55(2,3)67-54(65)58-46-51(63)60-47(53(64)66-48(37-19-9-4-10-20-37)38-21-11-5-12-22-38)44(35-68-52(46)60)45(43-33-34-57-50(43)62)36-29-31-39(32-30-36)49(61)59-56(40-23-13-6-14-24-40,41-25-15-7-16-26-41)42-27-17-8-18-28-42/h4-32,35,46-48,52H,33-34H2,1-3H3,(H,57,62)(H,58,65)(H,59,61)/t46-,47-,52-/m1/s1. The van der Waals surface area contributed by atoms with Crippen molar-refractivity contribution in [1.82, 2.24) is 20.9 Å². The predicted molar refractivity (Wildman–Crippen MR) is 262 cm³/mol. The summed E-state index contributed by atoms with van der Waals surface area (Å²) in [4.78, 5) is 72.4. The second-order valence-corrected chi connectivity index (χ2v) is 18.7. The Morgan fingerprint density at radius 1 is 0.676 bits per heavy atom. The first-order chi connectivity index (χ1) is 32.9. The van der Waals surface area contributed by atoms with Gasteiger partial charge in [-0.3, -0.25) is 14.4 Å². The van der Waals surface area contributed by atoms with Crippen molar-refractivity contribution in [2.24, 2.45) is 0 Å². The summed E-state index contributed by atoms with van der Waals surface area (Å²) in [6.45, 7) is 5.56. The Morgan fingerprint density at radius 3 is 1.63 bits per heavy atom. The fraction of sp³-hybridized carbons (Fsp3) is 0.196. The number of nitrogens with zero attached hydrogens (tertiary/aromatic N) is 1. The summed E-state index contributed by atoms with van der Waals surface area (Å²) in [5.41, 5.74) is 4.30. The number of hydrogen-bond donors (Lipinski definition) is 3. The molecule has 11 nitrogen and oxygen atoms in total. The van der Waals surface area contributed by atoms with Gasteiger partial charge in [-0.1, -0.05) is 164 Å². The van der Waals surface area contributed by atoms with E-state index in [1.54, 1.807) is 50.4 Å². The summed E-state index contributed by atoms with van der Waals surface area (Å²) in [5, 5.41) is 10.1. The SMILES string of the molecule is CC(C)(C)OC(=O)N[C@@H]1C(=O)N2[C@@H](C(=O)OC(c3ccccc3)c3ccccc3)C(C(=C3CCNC3=O)c3ccc(C(=O)NC(c4ccccc4)(c4ccccc4)c4ccccc4)cc3)=CS[C@H]12. The minimum absolute atomic E-state index is 0.314. The lowest BCUT2D eigenvalue weighted by Gasteiger charge is -2.52. The summed E-state index contributed by atoms with van der Waals surface area (Å²) in [6.07, 6.45) is -1.27. The maximum Gasteiger partial charge on any atom is 0.408 e. The van der Waals surface area contributed by atoms with Crippen molar-refractivity contribution in [3.63, 3.8) is 0 Å². The van der Waals surface area contributed by atoms with Crippen LogP contribution < -0.4 is 16.0 Å². The van der Waals surface area contributed by atoms with Crippen LogP contribution in [0.4, 0.5) is 4.79 Å². The summed E-state index contributed by atoms with van der Waals surface area (Å²) < 4.78 is 12.0. The number of thioether (sulfide) groups is 1. The number of nitrogens with one attached hydrogen (secondary N) is 3. The molecule has 12 heteroatoms. The Labute approximate surface area is 399 Å². The number of hydrogen-bond acceptors (Lipinski definition) is 8. The lowest BCUT2D eigenvalue weighted by molar-refractivity contribution is -0.164. The Morgan fingerprint density at radius 2 is 1.16 bits per heavy atom. The number of esters is 1. The van der Waals surface area contributed by atoms with Crippen LogP contribution in [0.1, 0.15) is 77.0 Å². The van der Waals surface area contributed by atoms with Gasteiger partial charge in [-0.05, 0) is 83.7 Å². The molecule has 9 rings (SSSR count). The zero-order valence-electron chi connectivity index (χ0n) is 37.8. The van der Waals surface area contributed by atoms with E-state index in [1.807, 2.05) is 152 Å². The number of carbonyl (C=O) groups excluding carboxylic acids is 5. The van der Waals surface area contributed by atoms with E-state index in [4.69, 9.17) is 9.47 Å². The molecule has 3 atom stereocenters. The van der Waals surface area contributed by atoms with Gasteiger partial charge in [0.15, 0.2) is 12.1 Å². The second kappa shape index (κ2) is 19.3. The minimum atomic E-state index is -1.33. The number of carbonyl (C=O) groups is 5. The van der Waals surface area contributed by atoms with Gasteiger partial charge in [0.1, 0.15) is 22.6 Å². The lowest BCUT2D eigenvalue weighted by atomic mass is 9.76. The third-order valence-electron chi connectivity index (χ3n) is 12.2. The van der Waals surface area contributed by atoms with Crippen LogP contribution in [0.25, 0.3) is 5.57 Å². The topological polar surface area (TPSA) is 143 Å². The number of β-lactam (4-membered cyclic amide) rings is 1. The molecule has 4 amide bonds. The van der Waals surface area contributed by atoms with E-state index in [2.05, 4.69) is 16.0 Å². The van der Waals surface area contributed by atoms with Gasteiger partial charge >= 0.3 is 12.1 Å². The number of amides is 4. The number of fused-ring (bicyclic) bond motifs is 1. The Bertz CT molecular complexity index is 2750. The molecular weight excluding hydrogens is 873 g/mol. The molecule has 3 aliphatic heterocycles. The lowest BCUT2D eigenvalue weighted by Crippen LogP contribution is -2.74. The average molecular weight is 923 g/mol. The van der Waals surface area contributed by atoms with Crippen LogP contribution in [0.3, 0.4) is 0 Å². The van der Waals surface area contributed by atoms with Crippen LogP contribution >= 0.6 is 11.8 Å². The molecule has 6 aromatic carbocycles. The Kier molecular flexibility index (Phi) is 12.9. The van der Waals surface area contributed by atoms with Gasteiger partial charge in [0.25, 0.3) is 5.91 Å². The molecule has 3 heterocycles. The molecule has 0 unspecified atom stereocenters. The van der Waals surface area contributed by atoms with E-state index in [1.165, 1.54) is 16.7 Å². The van der Waals surface area contributed by atoms with E-state index in [9.17, 15) is 19.2 Å². The average Bonchev–Trinajstić information content (AvgIpc) is 3.79. The zero-order valence-corrected chi connectivity index (χ0v) is 38.6. The van der Waals surface area contributed by atoms with Crippen molar-refractivity contribution in [1.29, 1.82) is 0 Å². The molecular formula is C56H50N4O7S. The van der Waals surface area contributed by atoms with Crippen molar-refractivity contribution >= 4 is 47.1 Å². The number of benzene rings is 6. The van der Waals surface area contributed by atoms with Crippen LogP contribution in [0.2, 0.25) is 0 Å². The minimum Gasteiger partial charge on any atom is -0.451 e. The first-order valence-electron chi connectivity index (χ1n) is 22.5. The van der Waals surface area contributed by atoms with Crippen LogP contribution in [0.15, 0.2) is 192 Å². The van der Waals surface area contributed by atoms with Crippen molar-refractivity contribution in [2.75, 3.05) is 6.54 Å². The number of rotatable bonds is 12. The molecule has 0 aromatic heterocycles. The highest BCUT2D eigenvalue weighted by molar-refractivity contribution is 8.03. The molecule has 0 aliphatic carbocycles. The molecule has 2 saturated heterocycles. The monoisotopic (exact) mass is 922 g/mol. The van der Waals surface area contributed by atoms with E-state index in [0.717, 1.165) is 27.8 Å². The van der Waals surface area contributed by atoms with Gasteiger partial charge in [0.2, 0.25) is 11.8 Å². The summed E-state index contributed by atoms with van der Waals surface area (Å²) in [5.74, 6) is -1.90. The third kappa shape index (κ3) is 9.07. The van der Waals surface area contributed by atoms with Gasteiger partial charge in [0.05, 0.1) is 0 Å². The summed E-state index contributed by atoms with van der Waals surface area (Å²) >= 11 is 1.25.